The number of hydrogen-bond acceptors (Lipinski definition) is 7. The number of nitrogens with zero attached hydrogens (tertiary/aromatic N) is 1. The summed E-state index contributed by atoms with van der Waals surface area (Å²) >= 11 is 0. The van der Waals surface area contributed by atoms with Gasteiger partial charge in [0.1, 0.15) is 6.10 Å². The zero-order valence-corrected chi connectivity index (χ0v) is 17.3. The van der Waals surface area contributed by atoms with Crippen LogP contribution < -0.4 is 32.1 Å². The Balaban J connectivity index is 1.51. The minimum absolute atomic E-state index is 0.111. The molecule has 2 aliphatic heterocycles. The van der Waals surface area contributed by atoms with Crippen LogP contribution in [0.2, 0.25) is 0 Å². The highest BCUT2D eigenvalue weighted by Gasteiger charge is 2.34. The summed E-state index contributed by atoms with van der Waals surface area (Å²) in [4.78, 5) is 25.1. The fourth-order valence-electron chi connectivity index (χ4n) is 4.25. The number of cyclic esters (lactones) is 1. The lowest BCUT2D eigenvalue weighted by atomic mass is 10.0. The number of benzene rings is 1. The molecule has 2 amide bonds. The molecule has 9 heteroatoms. The zero-order chi connectivity index (χ0) is 21.1. The van der Waals surface area contributed by atoms with Gasteiger partial charge in [-0.15, -0.1) is 0 Å². The number of nitrogens with two attached hydrogens (primary N) is 1. The third-order valence-electron chi connectivity index (χ3n) is 5.76. The maximum absolute atomic E-state index is 12.4. The number of aryl methyl sites for hydroxylation is 1. The van der Waals surface area contributed by atoms with E-state index in [1.807, 2.05) is 6.07 Å². The quantitative estimate of drug-likeness (QED) is 0.414. The normalized spacial score (nSPS) is 22.9. The molecule has 0 saturated carbocycles. The molecule has 162 valence electrons. The molecule has 1 aromatic carbocycles. The number of rotatable bonds is 7. The van der Waals surface area contributed by atoms with E-state index in [9.17, 15) is 9.59 Å². The molecular weight excluding hydrogens is 384 g/mol. The Labute approximate surface area is 176 Å². The first-order valence-corrected chi connectivity index (χ1v) is 10.6. The van der Waals surface area contributed by atoms with Gasteiger partial charge in [0, 0.05) is 18.2 Å². The van der Waals surface area contributed by atoms with Gasteiger partial charge in [-0.25, -0.2) is 10.2 Å². The van der Waals surface area contributed by atoms with Crippen LogP contribution >= 0.6 is 0 Å². The summed E-state index contributed by atoms with van der Waals surface area (Å²) in [5, 5.41) is 6.22. The van der Waals surface area contributed by atoms with Crippen LogP contribution in [0.5, 0.6) is 0 Å². The second kappa shape index (κ2) is 9.03. The van der Waals surface area contributed by atoms with Gasteiger partial charge < -0.3 is 21.2 Å². The molecule has 4 rings (SSSR count). The van der Waals surface area contributed by atoms with Crippen molar-refractivity contribution >= 4 is 23.4 Å². The molecular formula is C21H30N6O3. The number of amides is 2. The van der Waals surface area contributed by atoms with Crippen molar-refractivity contribution in [1.29, 1.82) is 0 Å². The van der Waals surface area contributed by atoms with E-state index in [0.717, 1.165) is 43.6 Å². The third kappa shape index (κ3) is 4.28. The van der Waals surface area contributed by atoms with Gasteiger partial charge in [0.2, 0.25) is 5.91 Å². The van der Waals surface area contributed by atoms with E-state index in [1.54, 1.807) is 4.90 Å². The lowest BCUT2D eigenvalue weighted by Gasteiger charge is -2.17. The molecule has 30 heavy (non-hydrogen) atoms. The second-order valence-corrected chi connectivity index (χ2v) is 7.95. The summed E-state index contributed by atoms with van der Waals surface area (Å²) in [6.45, 7) is 3.75. The van der Waals surface area contributed by atoms with Crippen LogP contribution in [0.4, 0.5) is 10.5 Å². The number of hydrazine groups is 1. The lowest BCUT2D eigenvalue weighted by Crippen LogP contribution is -2.44. The largest absolute Gasteiger partial charge is 0.442 e. The molecule has 1 aliphatic carbocycles. The SMILES string of the molecule is CC(=O)NC[C@H]1CN(c2ccc3c(c2)CCCC2=C3NNC2NCCCN)C(=O)O1. The molecule has 3 aliphatic rings. The van der Waals surface area contributed by atoms with Crippen LogP contribution in [0.25, 0.3) is 5.70 Å². The van der Waals surface area contributed by atoms with Crippen molar-refractivity contribution in [3.8, 4) is 0 Å². The predicted octanol–water partition coefficient (Wildman–Crippen LogP) is 0.568. The molecule has 2 atom stereocenters. The van der Waals surface area contributed by atoms with E-state index < -0.39 is 0 Å². The van der Waals surface area contributed by atoms with Crippen LogP contribution in [-0.2, 0) is 16.0 Å². The second-order valence-electron chi connectivity index (χ2n) is 7.95. The highest BCUT2D eigenvalue weighted by atomic mass is 16.6. The first-order chi connectivity index (χ1) is 14.6. The average molecular weight is 415 g/mol. The Hall–Kier alpha value is -2.62. The van der Waals surface area contributed by atoms with Crippen molar-refractivity contribution < 1.29 is 14.3 Å². The van der Waals surface area contributed by atoms with Gasteiger partial charge >= 0.3 is 6.09 Å². The van der Waals surface area contributed by atoms with Gasteiger partial charge in [-0.1, -0.05) is 6.07 Å². The molecule has 0 bridgehead atoms. The minimum atomic E-state index is -0.372. The summed E-state index contributed by atoms with van der Waals surface area (Å²) in [5.74, 6) is -0.132. The van der Waals surface area contributed by atoms with Gasteiger partial charge in [-0.2, -0.15) is 0 Å². The van der Waals surface area contributed by atoms with Crippen LogP contribution in [0.15, 0.2) is 23.8 Å². The molecule has 0 aromatic heterocycles. The Morgan fingerprint density at radius 1 is 1.37 bits per heavy atom. The summed E-state index contributed by atoms with van der Waals surface area (Å²) in [5.41, 5.74) is 18.0. The monoisotopic (exact) mass is 414 g/mol. The first kappa shape index (κ1) is 20.6. The highest BCUT2D eigenvalue weighted by molar-refractivity contribution is 5.90. The third-order valence-corrected chi connectivity index (χ3v) is 5.76. The molecule has 1 saturated heterocycles. The molecule has 1 fully saturated rings. The van der Waals surface area contributed by atoms with Crippen molar-refractivity contribution in [3.05, 3.63) is 34.9 Å². The maximum atomic E-state index is 12.4. The van der Waals surface area contributed by atoms with E-state index >= 15 is 0 Å². The Morgan fingerprint density at radius 2 is 2.23 bits per heavy atom. The van der Waals surface area contributed by atoms with Crippen molar-refractivity contribution in [2.75, 3.05) is 31.1 Å². The van der Waals surface area contributed by atoms with Crippen LogP contribution in [0, 0.1) is 0 Å². The topological polar surface area (TPSA) is 121 Å². The van der Waals surface area contributed by atoms with Crippen LogP contribution in [0.3, 0.4) is 0 Å². The van der Waals surface area contributed by atoms with Gasteiger partial charge in [-0.3, -0.25) is 15.0 Å². The lowest BCUT2D eigenvalue weighted by molar-refractivity contribution is -0.119. The smallest absolute Gasteiger partial charge is 0.414 e. The fraction of sp³-hybridized carbons (Fsp3) is 0.524. The maximum Gasteiger partial charge on any atom is 0.414 e. The molecule has 0 spiro atoms. The van der Waals surface area contributed by atoms with E-state index in [4.69, 9.17) is 10.5 Å². The number of nitrogens with one attached hydrogen (secondary N) is 4. The van der Waals surface area contributed by atoms with Gasteiger partial charge in [0.05, 0.1) is 25.0 Å². The molecule has 2 heterocycles. The fourth-order valence-corrected chi connectivity index (χ4v) is 4.25. The highest BCUT2D eigenvalue weighted by Crippen LogP contribution is 2.35. The number of carbonyl (C=O) groups is 2. The molecule has 6 N–H and O–H groups in total. The number of hydrogen-bond donors (Lipinski definition) is 5. The minimum Gasteiger partial charge on any atom is -0.442 e. The van der Waals surface area contributed by atoms with Gasteiger partial charge in [0.15, 0.2) is 0 Å². The van der Waals surface area contributed by atoms with Gasteiger partial charge in [-0.05, 0) is 62.0 Å². The molecule has 9 nitrogen and oxygen atoms in total. The Kier molecular flexibility index (Phi) is 6.21. The van der Waals surface area contributed by atoms with E-state index in [-0.39, 0.29) is 24.3 Å². The van der Waals surface area contributed by atoms with Crippen molar-refractivity contribution in [2.45, 2.75) is 44.9 Å². The average Bonchev–Trinajstić information content (AvgIpc) is 3.24. The van der Waals surface area contributed by atoms with Gasteiger partial charge in [0.25, 0.3) is 0 Å². The number of ether oxygens (including phenoxy) is 1. The van der Waals surface area contributed by atoms with Crippen molar-refractivity contribution in [1.82, 2.24) is 21.5 Å². The first-order valence-electron chi connectivity index (χ1n) is 10.6. The number of carbonyl (C=O) groups excluding carboxylic acids is 2. The zero-order valence-electron chi connectivity index (χ0n) is 17.3. The Bertz CT molecular complexity index is 855. The van der Waals surface area contributed by atoms with E-state index in [1.165, 1.54) is 23.6 Å². The molecule has 1 unspecified atom stereocenters. The summed E-state index contributed by atoms with van der Waals surface area (Å²) in [6.07, 6.45) is 3.34. The predicted molar refractivity (Wildman–Crippen MR) is 114 cm³/mol. The van der Waals surface area contributed by atoms with Crippen molar-refractivity contribution in [3.63, 3.8) is 0 Å². The standard InChI is InChI=1S/C21H30N6O3/c1-13(28)24-11-16-12-27(21(29)30-16)15-6-7-17-14(10-15)4-2-5-18-19(17)25-26-20(18)23-9-3-8-22/h6-7,10,16,20,23,25-26H,2-5,8-9,11-12,22H2,1H3,(H,24,28)/t16-,20?/m0/s1. The summed E-state index contributed by atoms with van der Waals surface area (Å²) in [6, 6.07) is 6.13. The number of anilines is 1. The molecule has 0 radical (unpaired) electrons. The van der Waals surface area contributed by atoms with E-state index in [2.05, 4.69) is 33.6 Å². The summed E-state index contributed by atoms with van der Waals surface area (Å²) in [7, 11) is 0. The van der Waals surface area contributed by atoms with Crippen LogP contribution in [-0.4, -0.2) is 50.4 Å². The van der Waals surface area contributed by atoms with Crippen LogP contribution in [0.1, 0.15) is 37.3 Å². The molecule has 1 aromatic rings. The van der Waals surface area contributed by atoms with Crippen molar-refractivity contribution in [2.24, 2.45) is 5.73 Å². The Morgan fingerprint density at radius 3 is 3.03 bits per heavy atom. The van der Waals surface area contributed by atoms with E-state index in [0.29, 0.717) is 19.6 Å². The number of fused-ring (bicyclic) bond motifs is 2. The summed E-state index contributed by atoms with van der Waals surface area (Å²) < 4.78 is 5.40.